The second kappa shape index (κ2) is 11.0. The zero-order chi connectivity index (χ0) is 24.8. The molecule has 3 rings (SSSR count). The van der Waals surface area contributed by atoms with Crippen molar-refractivity contribution in [2.24, 2.45) is 5.73 Å². The van der Waals surface area contributed by atoms with Crippen molar-refractivity contribution in [2.75, 3.05) is 18.5 Å². The van der Waals surface area contributed by atoms with E-state index in [2.05, 4.69) is 5.32 Å². The summed E-state index contributed by atoms with van der Waals surface area (Å²) < 4.78 is 16.1. The minimum Gasteiger partial charge on any atom is -0.484 e. The summed E-state index contributed by atoms with van der Waals surface area (Å²) in [6, 6.07) is 13.4. The Hall–Kier alpha value is -3.67. The van der Waals surface area contributed by atoms with E-state index in [-0.39, 0.29) is 36.0 Å². The van der Waals surface area contributed by atoms with Crippen LogP contribution in [0, 0.1) is 11.3 Å². The monoisotopic (exact) mass is 501 g/mol. The van der Waals surface area contributed by atoms with Crippen molar-refractivity contribution in [2.45, 2.75) is 19.8 Å². The molecule has 1 heterocycles. The molecule has 0 bridgehead atoms. The molecular formula is C24H21Cl2N3O5. The van der Waals surface area contributed by atoms with Crippen molar-refractivity contribution in [3.8, 4) is 11.8 Å². The van der Waals surface area contributed by atoms with Gasteiger partial charge < -0.3 is 25.3 Å². The number of hydrogen-bond donors (Lipinski definition) is 2. The molecular weight excluding hydrogens is 481 g/mol. The molecule has 1 aliphatic rings. The van der Waals surface area contributed by atoms with Gasteiger partial charge in [0, 0.05) is 5.69 Å². The Balaban J connectivity index is 1.74. The first-order valence-electron chi connectivity index (χ1n) is 10.2. The number of nitrogens with zero attached hydrogens (tertiary/aromatic N) is 1. The van der Waals surface area contributed by atoms with Crippen LogP contribution in [0.3, 0.4) is 0 Å². The van der Waals surface area contributed by atoms with E-state index < -0.39 is 17.8 Å². The standard InChI is InChI=1S/C24H21Cl2N3O5/c1-3-32-24(31)21-13(2)34-23(28)17(11-27)22(21)14-4-7-16(8-5-14)33-12-20(30)29-15-6-9-18(25)19(26)10-15/h4-10,22H,3,12,28H2,1-2H3,(H,29,30). The molecule has 10 heteroatoms. The van der Waals surface area contributed by atoms with Gasteiger partial charge in [-0.05, 0) is 49.7 Å². The molecule has 3 N–H and O–H groups in total. The van der Waals surface area contributed by atoms with E-state index in [4.69, 9.17) is 43.1 Å². The largest absolute Gasteiger partial charge is 0.484 e. The molecule has 176 valence electrons. The molecule has 0 saturated heterocycles. The van der Waals surface area contributed by atoms with Crippen LogP contribution in [0.1, 0.15) is 25.3 Å². The Morgan fingerprint density at radius 3 is 2.50 bits per heavy atom. The highest BCUT2D eigenvalue weighted by atomic mass is 35.5. The first-order chi connectivity index (χ1) is 16.2. The number of anilines is 1. The topological polar surface area (TPSA) is 124 Å². The van der Waals surface area contributed by atoms with Crippen molar-refractivity contribution in [1.82, 2.24) is 0 Å². The van der Waals surface area contributed by atoms with Crippen molar-refractivity contribution in [1.29, 1.82) is 5.26 Å². The second-order valence-corrected chi connectivity index (χ2v) is 7.96. The van der Waals surface area contributed by atoms with Crippen molar-refractivity contribution >= 4 is 40.8 Å². The third kappa shape index (κ3) is 5.63. The molecule has 0 fully saturated rings. The number of hydrogen-bond acceptors (Lipinski definition) is 7. The maximum atomic E-state index is 12.6. The van der Waals surface area contributed by atoms with Gasteiger partial charge in [0.15, 0.2) is 6.61 Å². The van der Waals surface area contributed by atoms with Gasteiger partial charge in [-0.15, -0.1) is 0 Å². The van der Waals surface area contributed by atoms with Crippen LogP contribution in [0.15, 0.2) is 65.3 Å². The number of carbonyl (C=O) groups is 2. The number of amides is 1. The van der Waals surface area contributed by atoms with Gasteiger partial charge in [0.25, 0.3) is 5.91 Å². The number of nitrogens with two attached hydrogens (primary N) is 1. The summed E-state index contributed by atoms with van der Waals surface area (Å²) in [5, 5.41) is 13.0. The number of benzene rings is 2. The summed E-state index contributed by atoms with van der Waals surface area (Å²) in [6.45, 7) is 3.19. The maximum Gasteiger partial charge on any atom is 0.338 e. The fourth-order valence-electron chi connectivity index (χ4n) is 3.36. The van der Waals surface area contributed by atoms with Crippen LogP contribution in [-0.4, -0.2) is 25.1 Å². The molecule has 1 atom stereocenters. The van der Waals surface area contributed by atoms with Crippen LogP contribution in [0.2, 0.25) is 10.0 Å². The average Bonchev–Trinajstić information content (AvgIpc) is 2.80. The predicted molar refractivity (Wildman–Crippen MR) is 127 cm³/mol. The predicted octanol–water partition coefficient (Wildman–Crippen LogP) is 4.66. The van der Waals surface area contributed by atoms with Gasteiger partial charge >= 0.3 is 5.97 Å². The van der Waals surface area contributed by atoms with Gasteiger partial charge in [0.05, 0.1) is 28.1 Å². The van der Waals surface area contributed by atoms with E-state index in [1.165, 1.54) is 6.07 Å². The van der Waals surface area contributed by atoms with E-state index in [0.29, 0.717) is 27.0 Å². The molecule has 1 aliphatic heterocycles. The van der Waals surface area contributed by atoms with Crippen LogP contribution in [0.4, 0.5) is 5.69 Å². The Bertz CT molecular complexity index is 1220. The minimum atomic E-state index is -0.759. The molecule has 1 unspecified atom stereocenters. The number of rotatable bonds is 7. The molecule has 0 aromatic heterocycles. The van der Waals surface area contributed by atoms with E-state index in [1.54, 1.807) is 50.2 Å². The summed E-state index contributed by atoms with van der Waals surface area (Å²) in [6.07, 6.45) is 0. The van der Waals surface area contributed by atoms with Crippen LogP contribution in [0.5, 0.6) is 5.75 Å². The fraction of sp³-hybridized carbons (Fsp3) is 0.208. The minimum absolute atomic E-state index is 0.0719. The number of ether oxygens (including phenoxy) is 3. The molecule has 34 heavy (non-hydrogen) atoms. The summed E-state index contributed by atoms with van der Waals surface area (Å²) in [4.78, 5) is 24.8. The lowest BCUT2D eigenvalue weighted by Gasteiger charge is -2.26. The lowest BCUT2D eigenvalue weighted by Crippen LogP contribution is -2.25. The summed E-state index contributed by atoms with van der Waals surface area (Å²) in [5.74, 6) is -1.14. The van der Waals surface area contributed by atoms with Gasteiger partial charge in [0.1, 0.15) is 23.2 Å². The highest BCUT2D eigenvalue weighted by Crippen LogP contribution is 2.40. The molecule has 0 spiro atoms. The van der Waals surface area contributed by atoms with Crippen LogP contribution in [-0.2, 0) is 19.1 Å². The summed E-state index contributed by atoms with van der Waals surface area (Å²) >= 11 is 11.8. The Morgan fingerprint density at radius 2 is 1.88 bits per heavy atom. The van der Waals surface area contributed by atoms with E-state index >= 15 is 0 Å². The van der Waals surface area contributed by atoms with Crippen LogP contribution < -0.4 is 15.8 Å². The third-order valence-corrected chi connectivity index (χ3v) is 5.63. The van der Waals surface area contributed by atoms with Crippen molar-refractivity contribution in [3.63, 3.8) is 0 Å². The highest BCUT2D eigenvalue weighted by molar-refractivity contribution is 6.42. The number of carbonyl (C=O) groups excluding carboxylic acids is 2. The molecule has 0 saturated carbocycles. The van der Waals surface area contributed by atoms with Crippen molar-refractivity contribution < 1.29 is 23.8 Å². The molecule has 0 aliphatic carbocycles. The molecule has 0 radical (unpaired) electrons. The lowest BCUT2D eigenvalue weighted by molar-refractivity contribution is -0.139. The van der Waals surface area contributed by atoms with E-state index in [0.717, 1.165) is 0 Å². The Morgan fingerprint density at radius 1 is 1.18 bits per heavy atom. The molecule has 1 amide bonds. The van der Waals surface area contributed by atoms with Gasteiger partial charge in [-0.3, -0.25) is 4.79 Å². The smallest absolute Gasteiger partial charge is 0.338 e. The number of halogens is 2. The van der Waals surface area contributed by atoms with Crippen LogP contribution in [0.25, 0.3) is 0 Å². The number of esters is 1. The van der Waals surface area contributed by atoms with Gasteiger partial charge in [0.2, 0.25) is 5.88 Å². The quantitative estimate of drug-likeness (QED) is 0.528. The van der Waals surface area contributed by atoms with Crippen molar-refractivity contribution in [3.05, 3.63) is 80.9 Å². The molecule has 8 nitrogen and oxygen atoms in total. The highest BCUT2D eigenvalue weighted by Gasteiger charge is 2.36. The lowest BCUT2D eigenvalue weighted by atomic mass is 9.83. The van der Waals surface area contributed by atoms with Crippen LogP contribution >= 0.6 is 23.2 Å². The molecule has 2 aromatic rings. The summed E-state index contributed by atoms with van der Waals surface area (Å²) in [7, 11) is 0. The Kier molecular flexibility index (Phi) is 8.05. The second-order valence-electron chi connectivity index (χ2n) is 7.15. The van der Waals surface area contributed by atoms with E-state index in [9.17, 15) is 14.9 Å². The first-order valence-corrected chi connectivity index (χ1v) is 10.9. The van der Waals surface area contributed by atoms with E-state index in [1.807, 2.05) is 6.07 Å². The molecule has 2 aromatic carbocycles. The SMILES string of the molecule is CCOC(=O)C1=C(C)OC(N)=C(C#N)C1c1ccc(OCC(=O)Nc2ccc(Cl)c(Cl)c2)cc1. The third-order valence-electron chi connectivity index (χ3n) is 4.89. The number of allylic oxidation sites excluding steroid dienone is 2. The normalized spacial score (nSPS) is 15.3. The fourth-order valence-corrected chi connectivity index (χ4v) is 3.66. The first kappa shape index (κ1) is 25.0. The number of nitriles is 1. The summed E-state index contributed by atoms with van der Waals surface area (Å²) in [5.41, 5.74) is 7.29. The van der Waals surface area contributed by atoms with Gasteiger partial charge in [-0.2, -0.15) is 5.26 Å². The maximum absolute atomic E-state index is 12.6. The number of nitrogens with one attached hydrogen (secondary N) is 1. The zero-order valence-corrected chi connectivity index (χ0v) is 19.9. The Labute approximate surface area is 206 Å². The van der Waals surface area contributed by atoms with Gasteiger partial charge in [-0.25, -0.2) is 4.79 Å². The van der Waals surface area contributed by atoms with Gasteiger partial charge in [-0.1, -0.05) is 35.3 Å². The zero-order valence-electron chi connectivity index (χ0n) is 18.4. The average molecular weight is 502 g/mol.